The standard InChI is InChI=1S/C15H13Cl2NO5S/c1-8-3-5-10(15(20)23-2)14(19)13(8)18-24(21,22)12-7-9(16)4-6-11(12)17/h3-7,18-19H,1-2H3. The second kappa shape index (κ2) is 6.88. The van der Waals surface area contributed by atoms with Crippen LogP contribution < -0.4 is 4.72 Å². The average Bonchev–Trinajstić information content (AvgIpc) is 2.53. The van der Waals surface area contributed by atoms with Gasteiger partial charge in [0.1, 0.15) is 10.5 Å². The van der Waals surface area contributed by atoms with Crippen LogP contribution in [0.3, 0.4) is 0 Å². The third-order valence-corrected chi connectivity index (χ3v) is 5.28. The van der Waals surface area contributed by atoms with Gasteiger partial charge in [0, 0.05) is 5.02 Å². The molecule has 6 nitrogen and oxygen atoms in total. The Labute approximate surface area is 149 Å². The minimum absolute atomic E-state index is 0.0341. The van der Waals surface area contributed by atoms with E-state index in [0.29, 0.717) is 5.56 Å². The van der Waals surface area contributed by atoms with E-state index in [-0.39, 0.29) is 26.2 Å². The zero-order valence-corrected chi connectivity index (χ0v) is 15.0. The van der Waals surface area contributed by atoms with E-state index in [2.05, 4.69) is 9.46 Å². The summed E-state index contributed by atoms with van der Waals surface area (Å²) in [5.74, 6) is -1.34. The number of carbonyl (C=O) groups is 1. The van der Waals surface area contributed by atoms with Gasteiger partial charge in [-0.05, 0) is 36.8 Å². The smallest absolute Gasteiger partial charge is 0.341 e. The van der Waals surface area contributed by atoms with E-state index in [1.54, 1.807) is 6.92 Å². The van der Waals surface area contributed by atoms with Crippen molar-refractivity contribution < 1.29 is 23.1 Å². The summed E-state index contributed by atoms with van der Waals surface area (Å²) < 4.78 is 31.9. The number of hydrogen-bond donors (Lipinski definition) is 2. The maximum atomic E-state index is 12.5. The van der Waals surface area contributed by atoms with E-state index in [1.807, 2.05) is 0 Å². The maximum absolute atomic E-state index is 12.5. The second-order valence-corrected chi connectivity index (χ2v) is 7.32. The predicted molar refractivity (Wildman–Crippen MR) is 91.5 cm³/mol. The van der Waals surface area contributed by atoms with Crippen LogP contribution in [-0.2, 0) is 14.8 Å². The summed E-state index contributed by atoms with van der Waals surface area (Å²) in [6.07, 6.45) is 0. The third-order valence-electron chi connectivity index (χ3n) is 3.21. The van der Waals surface area contributed by atoms with E-state index in [9.17, 15) is 18.3 Å². The average molecular weight is 390 g/mol. The van der Waals surface area contributed by atoms with Crippen molar-refractivity contribution in [2.75, 3.05) is 11.8 Å². The van der Waals surface area contributed by atoms with Gasteiger partial charge in [0.05, 0.1) is 17.8 Å². The van der Waals surface area contributed by atoms with Gasteiger partial charge in [-0.15, -0.1) is 0 Å². The lowest BCUT2D eigenvalue weighted by molar-refractivity contribution is 0.0597. The Morgan fingerprint density at radius 2 is 1.88 bits per heavy atom. The summed E-state index contributed by atoms with van der Waals surface area (Å²) in [6, 6.07) is 6.78. The van der Waals surface area contributed by atoms with E-state index >= 15 is 0 Å². The highest BCUT2D eigenvalue weighted by molar-refractivity contribution is 7.92. The normalized spacial score (nSPS) is 11.2. The summed E-state index contributed by atoms with van der Waals surface area (Å²) in [6.45, 7) is 1.57. The Morgan fingerprint density at radius 1 is 1.21 bits per heavy atom. The quantitative estimate of drug-likeness (QED) is 0.615. The lowest BCUT2D eigenvalue weighted by Crippen LogP contribution is -2.15. The largest absolute Gasteiger partial charge is 0.505 e. The fraction of sp³-hybridized carbons (Fsp3) is 0.133. The van der Waals surface area contributed by atoms with Crippen LogP contribution in [0, 0.1) is 6.92 Å². The zero-order valence-electron chi connectivity index (χ0n) is 12.6. The first-order valence-electron chi connectivity index (χ1n) is 6.56. The topological polar surface area (TPSA) is 92.7 Å². The first-order chi connectivity index (χ1) is 11.2. The molecule has 0 unspecified atom stereocenters. The third kappa shape index (κ3) is 3.58. The number of sulfonamides is 1. The molecule has 0 heterocycles. The highest BCUT2D eigenvalue weighted by Crippen LogP contribution is 2.34. The molecule has 24 heavy (non-hydrogen) atoms. The number of methoxy groups -OCH3 is 1. The van der Waals surface area contributed by atoms with Crippen LogP contribution in [0.2, 0.25) is 10.0 Å². The first kappa shape index (κ1) is 18.4. The first-order valence-corrected chi connectivity index (χ1v) is 8.80. The van der Waals surface area contributed by atoms with Crippen molar-refractivity contribution in [3.63, 3.8) is 0 Å². The maximum Gasteiger partial charge on any atom is 0.341 e. The zero-order chi connectivity index (χ0) is 18.1. The Kier molecular flexibility index (Phi) is 5.27. The molecule has 0 aliphatic carbocycles. The van der Waals surface area contributed by atoms with Gasteiger partial charge in [0.25, 0.3) is 10.0 Å². The number of esters is 1. The summed E-state index contributed by atoms with van der Waals surface area (Å²) >= 11 is 11.7. The van der Waals surface area contributed by atoms with E-state index < -0.39 is 21.7 Å². The van der Waals surface area contributed by atoms with Crippen molar-refractivity contribution in [3.8, 4) is 5.75 Å². The Balaban J connectivity index is 2.54. The SMILES string of the molecule is COC(=O)c1ccc(C)c(NS(=O)(=O)c2cc(Cl)ccc2Cl)c1O. The molecule has 0 aliphatic heterocycles. The lowest BCUT2D eigenvalue weighted by Gasteiger charge is -2.15. The van der Waals surface area contributed by atoms with Crippen molar-refractivity contribution in [1.29, 1.82) is 0 Å². The monoisotopic (exact) mass is 389 g/mol. The van der Waals surface area contributed by atoms with Gasteiger partial charge < -0.3 is 9.84 Å². The van der Waals surface area contributed by atoms with Gasteiger partial charge in [-0.2, -0.15) is 0 Å². The van der Waals surface area contributed by atoms with E-state index in [1.165, 1.54) is 30.3 Å². The summed E-state index contributed by atoms with van der Waals surface area (Å²) in [7, 11) is -2.99. The Bertz CT molecular complexity index is 912. The second-order valence-electron chi connectivity index (χ2n) is 4.83. The Hall–Kier alpha value is -1.96. The van der Waals surface area contributed by atoms with Gasteiger partial charge in [0.15, 0.2) is 5.75 Å². The molecule has 2 aromatic rings. The van der Waals surface area contributed by atoms with Crippen LogP contribution in [0.15, 0.2) is 35.2 Å². The molecule has 2 aromatic carbocycles. The lowest BCUT2D eigenvalue weighted by atomic mass is 10.1. The molecule has 128 valence electrons. The van der Waals surface area contributed by atoms with Crippen LogP contribution in [-0.4, -0.2) is 26.6 Å². The van der Waals surface area contributed by atoms with Crippen molar-refractivity contribution in [3.05, 3.63) is 51.5 Å². The fourth-order valence-corrected chi connectivity index (χ4v) is 3.87. The number of nitrogens with one attached hydrogen (secondary N) is 1. The molecule has 0 atom stereocenters. The van der Waals surface area contributed by atoms with Crippen molar-refractivity contribution in [1.82, 2.24) is 0 Å². The number of benzene rings is 2. The highest BCUT2D eigenvalue weighted by atomic mass is 35.5. The van der Waals surface area contributed by atoms with Crippen molar-refractivity contribution >= 4 is 44.9 Å². The van der Waals surface area contributed by atoms with Crippen LogP contribution in [0.4, 0.5) is 5.69 Å². The van der Waals surface area contributed by atoms with Gasteiger partial charge in [-0.3, -0.25) is 4.72 Å². The highest BCUT2D eigenvalue weighted by Gasteiger charge is 2.24. The number of aromatic hydroxyl groups is 1. The molecule has 2 rings (SSSR count). The number of ether oxygens (including phenoxy) is 1. The molecule has 0 radical (unpaired) electrons. The van der Waals surface area contributed by atoms with Crippen LogP contribution in [0.25, 0.3) is 0 Å². The summed E-state index contributed by atoms with van der Waals surface area (Å²) in [4.78, 5) is 11.4. The fourth-order valence-electron chi connectivity index (χ4n) is 1.97. The number of carbonyl (C=O) groups excluding carboxylic acids is 1. The van der Waals surface area contributed by atoms with Crippen molar-refractivity contribution in [2.24, 2.45) is 0 Å². The molecule has 0 saturated carbocycles. The number of phenols is 1. The minimum Gasteiger partial charge on any atom is -0.505 e. The molecule has 0 saturated heterocycles. The van der Waals surface area contributed by atoms with Crippen molar-refractivity contribution in [2.45, 2.75) is 11.8 Å². The van der Waals surface area contributed by atoms with Gasteiger partial charge in [0.2, 0.25) is 0 Å². The minimum atomic E-state index is -4.14. The van der Waals surface area contributed by atoms with Gasteiger partial charge in [-0.25, -0.2) is 13.2 Å². The molecule has 0 fully saturated rings. The van der Waals surface area contributed by atoms with Gasteiger partial charge >= 0.3 is 5.97 Å². The number of phenolic OH excluding ortho intramolecular Hbond substituents is 1. The molecule has 0 spiro atoms. The number of anilines is 1. The molecular weight excluding hydrogens is 377 g/mol. The number of aryl methyl sites for hydroxylation is 1. The van der Waals surface area contributed by atoms with Gasteiger partial charge in [-0.1, -0.05) is 29.3 Å². The molecule has 0 aromatic heterocycles. The van der Waals surface area contributed by atoms with Crippen LogP contribution in [0.1, 0.15) is 15.9 Å². The Morgan fingerprint density at radius 3 is 2.50 bits per heavy atom. The molecule has 0 amide bonds. The molecule has 0 aliphatic rings. The molecule has 9 heteroatoms. The van der Waals surface area contributed by atoms with E-state index in [0.717, 1.165) is 7.11 Å². The number of halogens is 2. The number of hydrogen-bond acceptors (Lipinski definition) is 5. The predicted octanol–water partition coefficient (Wildman–Crippen LogP) is 3.59. The van der Waals surface area contributed by atoms with Crippen LogP contribution in [0.5, 0.6) is 5.75 Å². The summed E-state index contributed by atoms with van der Waals surface area (Å²) in [5.41, 5.74) is 0.0915. The summed E-state index contributed by atoms with van der Waals surface area (Å²) in [5, 5.41) is 10.4. The van der Waals surface area contributed by atoms with E-state index in [4.69, 9.17) is 23.2 Å². The molecule has 0 bridgehead atoms. The molecule has 2 N–H and O–H groups in total. The van der Waals surface area contributed by atoms with Crippen LogP contribution >= 0.6 is 23.2 Å². The molecular formula is C15H13Cl2NO5S. The number of rotatable bonds is 4.